The van der Waals surface area contributed by atoms with Gasteiger partial charge in [-0.05, 0) is 26.3 Å². The molecule has 0 amide bonds. The number of carbonyl (C=O) groups excluding carboxylic acids is 1. The van der Waals surface area contributed by atoms with Gasteiger partial charge in [-0.15, -0.1) is 0 Å². The van der Waals surface area contributed by atoms with Crippen molar-refractivity contribution in [1.29, 1.82) is 0 Å². The van der Waals surface area contributed by atoms with Crippen molar-refractivity contribution in [2.24, 2.45) is 5.92 Å². The van der Waals surface area contributed by atoms with Crippen LogP contribution in [0.15, 0.2) is 0 Å². The summed E-state index contributed by atoms with van der Waals surface area (Å²) < 4.78 is 0. The quantitative estimate of drug-likeness (QED) is 0.587. The van der Waals surface area contributed by atoms with Crippen LogP contribution < -0.4 is 5.32 Å². The van der Waals surface area contributed by atoms with Gasteiger partial charge in [-0.3, -0.25) is 4.79 Å². The Morgan fingerprint density at radius 3 is 2.22 bits per heavy atom. The molecule has 1 fully saturated rings. The molecule has 1 aliphatic rings. The third-order valence-corrected chi connectivity index (χ3v) is 2.38. The molecule has 1 rings (SSSR count). The van der Waals surface area contributed by atoms with Crippen LogP contribution in [0.4, 0.5) is 0 Å². The fraction of sp³-hybridized carbons (Fsp3) is 0.857. The molecule has 1 unspecified atom stereocenters. The summed E-state index contributed by atoms with van der Waals surface area (Å²) >= 11 is 0. The number of ketones is 1. The molecule has 1 saturated carbocycles. The largest absolute Gasteiger partial charge is 0.308 e. The Morgan fingerprint density at radius 1 is 1.78 bits per heavy atom. The first-order chi connectivity index (χ1) is 4.13. The summed E-state index contributed by atoms with van der Waals surface area (Å²) in [5.74, 6) is 0.817. The molecule has 9 heavy (non-hydrogen) atoms. The predicted octanol–water partition coefficient (Wildman–Crippen LogP) is 0.573. The molecule has 0 aromatic carbocycles. The van der Waals surface area contributed by atoms with Gasteiger partial charge in [-0.25, -0.2) is 0 Å². The minimum Gasteiger partial charge on any atom is -0.308 e. The van der Waals surface area contributed by atoms with Crippen LogP contribution in [0.2, 0.25) is 0 Å². The Labute approximate surface area is 55.6 Å². The number of hydrogen-bond acceptors (Lipinski definition) is 2. The van der Waals surface area contributed by atoms with Gasteiger partial charge in [0.25, 0.3) is 0 Å². The SMILES string of the molecule is CN[C@@]1(C(C)=O)CC1C. The Balaban J connectivity index is 2.62. The maximum atomic E-state index is 10.9. The van der Waals surface area contributed by atoms with Crippen LogP contribution in [0.5, 0.6) is 0 Å². The molecule has 0 aromatic rings. The average Bonchev–Trinajstić information content (AvgIpc) is 2.43. The van der Waals surface area contributed by atoms with Gasteiger partial charge in [-0.2, -0.15) is 0 Å². The zero-order valence-electron chi connectivity index (χ0n) is 6.19. The highest BCUT2D eigenvalue weighted by Gasteiger charge is 2.53. The molecular formula is C7H13NO. The van der Waals surface area contributed by atoms with Crippen LogP contribution in [-0.2, 0) is 4.79 Å². The molecule has 0 radical (unpaired) electrons. The van der Waals surface area contributed by atoms with Crippen molar-refractivity contribution >= 4 is 5.78 Å². The summed E-state index contributed by atoms with van der Waals surface area (Å²) in [6.45, 7) is 3.75. The lowest BCUT2D eigenvalue weighted by molar-refractivity contribution is -0.120. The minimum absolute atomic E-state index is 0.139. The second-order valence-electron chi connectivity index (χ2n) is 2.88. The molecule has 0 aliphatic heterocycles. The van der Waals surface area contributed by atoms with Gasteiger partial charge >= 0.3 is 0 Å². The maximum absolute atomic E-state index is 10.9. The van der Waals surface area contributed by atoms with Crippen molar-refractivity contribution in [3.63, 3.8) is 0 Å². The molecular weight excluding hydrogens is 114 g/mol. The van der Waals surface area contributed by atoms with E-state index in [0.717, 1.165) is 6.42 Å². The van der Waals surface area contributed by atoms with E-state index in [9.17, 15) is 4.79 Å². The van der Waals surface area contributed by atoms with E-state index in [2.05, 4.69) is 12.2 Å². The highest BCUT2D eigenvalue weighted by atomic mass is 16.1. The monoisotopic (exact) mass is 127 g/mol. The Morgan fingerprint density at radius 2 is 2.22 bits per heavy atom. The van der Waals surface area contributed by atoms with E-state index in [-0.39, 0.29) is 11.3 Å². The second kappa shape index (κ2) is 1.81. The van der Waals surface area contributed by atoms with Gasteiger partial charge in [0.05, 0.1) is 5.54 Å². The minimum atomic E-state index is -0.139. The van der Waals surface area contributed by atoms with Crippen molar-refractivity contribution in [3.05, 3.63) is 0 Å². The molecule has 2 atom stereocenters. The summed E-state index contributed by atoms with van der Waals surface area (Å²) in [7, 11) is 1.85. The van der Waals surface area contributed by atoms with E-state index in [4.69, 9.17) is 0 Å². The first kappa shape index (κ1) is 6.75. The second-order valence-corrected chi connectivity index (χ2v) is 2.88. The zero-order chi connectivity index (χ0) is 7.07. The van der Waals surface area contributed by atoms with Gasteiger partial charge < -0.3 is 5.32 Å². The normalized spacial score (nSPS) is 40.6. The van der Waals surface area contributed by atoms with E-state index in [1.807, 2.05) is 7.05 Å². The van der Waals surface area contributed by atoms with Gasteiger partial charge in [0.2, 0.25) is 0 Å². The van der Waals surface area contributed by atoms with Crippen LogP contribution in [0, 0.1) is 5.92 Å². The predicted molar refractivity (Wildman–Crippen MR) is 36.3 cm³/mol. The molecule has 2 heteroatoms. The van der Waals surface area contributed by atoms with E-state index >= 15 is 0 Å². The molecule has 1 N–H and O–H groups in total. The summed E-state index contributed by atoms with van der Waals surface area (Å²) in [5, 5.41) is 3.05. The average molecular weight is 127 g/mol. The standard InChI is InChI=1S/C7H13NO/c1-5-4-7(5,8-3)6(2)9/h5,8H,4H2,1-3H3/t5?,7-/m0/s1. The van der Waals surface area contributed by atoms with Gasteiger partial charge in [0.1, 0.15) is 5.78 Å². The number of nitrogens with one attached hydrogen (secondary N) is 1. The zero-order valence-corrected chi connectivity index (χ0v) is 6.19. The van der Waals surface area contributed by atoms with Crippen LogP contribution >= 0.6 is 0 Å². The topological polar surface area (TPSA) is 29.1 Å². The van der Waals surface area contributed by atoms with E-state index < -0.39 is 0 Å². The first-order valence-electron chi connectivity index (χ1n) is 3.33. The number of likely N-dealkylation sites (N-methyl/N-ethyl adjacent to an activating group) is 1. The smallest absolute Gasteiger partial charge is 0.150 e. The number of rotatable bonds is 2. The van der Waals surface area contributed by atoms with Crippen LogP contribution in [0.25, 0.3) is 0 Å². The Hall–Kier alpha value is -0.370. The fourth-order valence-corrected chi connectivity index (χ4v) is 1.44. The van der Waals surface area contributed by atoms with Crippen molar-refractivity contribution in [3.8, 4) is 0 Å². The lowest BCUT2D eigenvalue weighted by Crippen LogP contribution is -2.36. The lowest BCUT2D eigenvalue weighted by Gasteiger charge is -2.09. The van der Waals surface area contributed by atoms with Crippen molar-refractivity contribution in [2.75, 3.05) is 7.05 Å². The fourth-order valence-electron chi connectivity index (χ4n) is 1.44. The van der Waals surface area contributed by atoms with E-state index in [1.54, 1.807) is 6.92 Å². The molecule has 2 nitrogen and oxygen atoms in total. The Bertz CT molecular complexity index is 140. The van der Waals surface area contributed by atoms with E-state index in [0.29, 0.717) is 5.92 Å². The summed E-state index contributed by atoms with van der Waals surface area (Å²) in [6, 6.07) is 0. The van der Waals surface area contributed by atoms with Crippen molar-refractivity contribution in [2.45, 2.75) is 25.8 Å². The molecule has 0 bridgehead atoms. The molecule has 0 saturated heterocycles. The third-order valence-electron chi connectivity index (χ3n) is 2.38. The van der Waals surface area contributed by atoms with E-state index in [1.165, 1.54) is 0 Å². The summed E-state index contributed by atoms with van der Waals surface area (Å²) in [6.07, 6.45) is 1.01. The highest BCUT2D eigenvalue weighted by molar-refractivity contribution is 5.89. The summed E-state index contributed by atoms with van der Waals surface area (Å²) in [4.78, 5) is 10.9. The lowest BCUT2D eigenvalue weighted by atomic mass is 10.1. The van der Waals surface area contributed by atoms with Gasteiger partial charge in [0, 0.05) is 0 Å². The van der Waals surface area contributed by atoms with Crippen LogP contribution in [0.3, 0.4) is 0 Å². The number of carbonyl (C=O) groups is 1. The maximum Gasteiger partial charge on any atom is 0.150 e. The van der Waals surface area contributed by atoms with Crippen LogP contribution in [0.1, 0.15) is 20.3 Å². The van der Waals surface area contributed by atoms with Gasteiger partial charge in [0.15, 0.2) is 0 Å². The molecule has 1 aliphatic carbocycles. The Kier molecular flexibility index (Phi) is 1.35. The third kappa shape index (κ3) is 0.778. The highest BCUT2D eigenvalue weighted by Crippen LogP contribution is 2.42. The van der Waals surface area contributed by atoms with Crippen molar-refractivity contribution < 1.29 is 4.79 Å². The summed E-state index contributed by atoms with van der Waals surface area (Å²) in [5.41, 5.74) is -0.139. The molecule has 0 heterocycles. The van der Waals surface area contributed by atoms with Crippen molar-refractivity contribution in [1.82, 2.24) is 5.32 Å². The molecule has 0 aromatic heterocycles. The van der Waals surface area contributed by atoms with Gasteiger partial charge in [-0.1, -0.05) is 6.92 Å². The van der Waals surface area contributed by atoms with Crippen LogP contribution in [-0.4, -0.2) is 18.4 Å². The number of Topliss-reactive ketones (excluding diaryl/α,β-unsaturated/α-hetero) is 1. The number of hydrogen-bond donors (Lipinski definition) is 1. The molecule has 52 valence electrons. The molecule has 0 spiro atoms. The first-order valence-corrected chi connectivity index (χ1v) is 3.33.